The summed E-state index contributed by atoms with van der Waals surface area (Å²) in [5.74, 6) is 0.934. The number of hydrogen-bond acceptors (Lipinski definition) is 4. The van der Waals surface area contributed by atoms with E-state index in [1.807, 2.05) is 29.7 Å². The third-order valence-electron chi connectivity index (χ3n) is 2.73. The first-order chi connectivity index (χ1) is 8.61. The molecule has 0 fully saturated rings. The van der Waals surface area contributed by atoms with Crippen LogP contribution in [0.5, 0.6) is 0 Å². The van der Waals surface area contributed by atoms with Gasteiger partial charge < -0.3 is 20.8 Å². The van der Waals surface area contributed by atoms with Crippen LogP contribution in [-0.2, 0) is 17.7 Å². The van der Waals surface area contributed by atoms with Gasteiger partial charge in [-0.1, -0.05) is 6.92 Å². The van der Waals surface area contributed by atoms with Crippen LogP contribution in [0.15, 0.2) is 18.2 Å². The number of primary amides is 1. The number of nitrogens with two attached hydrogens (primary N) is 2. The molecular formula is C12H16N4O2. The minimum absolute atomic E-state index is 0.234. The monoisotopic (exact) mass is 248 g/mol. The highest BCUT2D eigenvalue weighted by Gasteiger charge is 2.09. The number of aromatic nitrogens is 2. The summed E-state index contributed by atoms with van der Waals surface area (Å²) >= 11 is 0. The number of hydrogen-bond donors (Lipinski definition) is 2. The predicted octanol–water partition coefficient (Wildman–Crippen LogP) is 1.28. The van der Waals surface area contributed by atoms with Gasteiger partial charge in [0, 0.05) is 12.1 Å². The van der Waals surface area contributed by atoms with Gasteiger partial charge in [0.2, 0.25) is 0 Å². The van der Waals surface area contributed by atoms with E-state index in [0.29, 0.717) is 12.2 Å². The van der Waals surface area contributed by atoms with E-state index in [1.165, 1.54) is 0 Å². The third-order valence-corrected chi connectivity index (χ3v) is 2.73. The first kappa shape index (κ1) is 12.2. The van der Waals surface area contributed by atoms with Gasteiger partial charge in [0.05, 0.1) is 17.6 Å². The number of imidazole rings is 1. The van der Waals surface area contributed by atoms with Crippen LogP contribution in [0.1, 0.15) is 12.7 Å². The molecule has 4 N–H and O–H groups in total. The number of nitrogens with zero attached hydrogens (tertiary/aromatic N) is 2. The Kier molecular flexibility index (Phi) is 3.36. The Balaban J connectivity index is 2.31. The highest BCUT2D eigenvalue weighted by molar-refractivity contribution is 5.79. The van der Waals surface area contributed by atoms with E-state index in [9.17, 15) is 4.79 Å². The first-order valence-electron chi connectivity index (χ1n) is 5.78. The number of anilines is 1. The van der Waals surface area contributed by atoms with Crippen LogP contribution in [-0.4, -0.2) is 22.3 Å². The number of benzene rings is 1. The molecule has 2 rings (SSSR count). The van der Waals surface area contributed by atoms with Gasteiger partial charge in [0.1, 0.15) is 12.4 Å². The Labute approximate surface area is 105 Å². The second kappa shape index (κ2) is 4.95. The summed E-state index contributed by atoms with van der Waals surface area (Å²) in [7, 11) is 0. The van der Waals surface area contributed by atoms with Crippen LogP contribution >= 0.6 is 0 Å². The van der Waals surface area contributed by atoms with Gasteiger partial charge in [0.15, 0.2) is 0 Å². The number of carbonyl (C=O) groups is 1. The molecule has 1 aromatic carbocycles. The van der Waals surface area contributed by atoms with Crippen LogP contribution in [0.3, 0.4) is 0 Å². The summed E-state index contributed by atoms with van der Waals surface area (Å²) in [6.07, 6.45) is 0.0345. The van der Waals surface area contributed by atoms with E-state index < -0.39 is 6.09 Å². The molecule has 0 aliphatic heterocycles. The van der Waals surface area contributed by atoms with E-state index >= 15 is 0 Å². The second-order valence-corrected chi connectivity index (χ2v) is 3.95. The number of rotatable bonds is 4. The molecule has 1 amide bonds. The summed E-state index contributed by atoms with van der Waals surface area (Å²) in [6.45, 7) is 2.79. The van der Waals surface area contributed by atoms with E-state index in [-0.39, 0.29) is 6.61 Å². The molecule has 6 heteroatoms. The number of ether oxygens (including phenoxy) is 1. The zero-order valence-electron chi connectivity index (χ0n) is 10.2. The molecule has 0 bridgehead atoms. The minimum atomic E-state index is -0.762. The lowest BCUT2D eigenvalue weighted by atomic mass is 10.3. The summed E-state index contributed by atoms with van der Waals surface area (Å²) in [5.41, 5.74) is 13.2. The zero-order valence-corrected chi connectivity index (χ0v) is 10.2. The fourth-order valence-electron chi connectivity index (χ4n) is 1.95. The molecule has 0 aliphatic carbocycles. The van der Waals surface area contributed by atoms with Gasteiger partial charge >= 0.3 is 6.09 Å². The normalized spacial score (nSPS) is 10.7. The molecule has 96 valence electrons. The van der Waals surface area contributed by atoms with E-state index in [1.54, 1.807) is 0 Å². The average molecular weight is 248 g/mol. The largest absolute Gasteiger partial charge is 0.448 e. The Bertz CT molecular complexity index is 577. The second-order valence-electron chi connectivity index (χ2n) is 3.95. The SMILES string of the molecule is CCc1nc2cc(N)ccc2n1CCOC(N)=O. The van der Waals surface area contributed by atoms with Gasteiger partial charge in [-0.15, -0.1) is 0 Å². The minimum Gasteiger partial charge on any atom is -0.448 e. The topological polar surface area (TPSA) is 96.2 Å². The molecule has 1 heterocycles. The molecule has 18 heavy (non-hydrogen) atoms. The Morgan fingerprint density at radius 2 is 2.28 bits per heavy atom. The molecule has 0 spiro atoms. The van der Waals surface area contributed by atoms with Gasteiger partial charge in [-0.3, -0.25) is 0 Å². The molecule has 2 aromatic rings. The number of fused-ring (bicyclic) bond motifs is 1. The Hall–Kier alpha value is -2.24. The van der Waals surface area contributed by atoms with Gasteiger partial charge in [-0.05, 0) is 18.2 Å². The zero-order chi connectivity index (χ0) is 13.1. The Morgan fingerprint density at radius 3 is 2.94 bits per heavy atom. The van der Waals surface area contributed by atoms with Crippen molar-refractivity contribution in [1.82, 2.24) is 9.55 Å². The van der Waals surface area contributed by atoms with Crippen molar-refractivity contribution in [1.29, 1.82) is 0 Å². The summed E-state index contributed by atoms with van der Waals surface area (Å²) in [5, 5.41) is 0. The quantitative estimate of drug-likeness (QED) is 0.796. The van der Waals surface area contributed by atoms with Crippen LogP contribution in [0, 0.1) is 0 Å². The number of nitrogen functional groups attached to an aromatic ring is 1. The van der Waals surface area contributed by atoms with E-state index in [4.69, 9.17) is 16.2 Å². The number of amides is 1. The molecule has 0 radical (unpaired) electrons. The maximum atomic E-state index is 10.5. The van der Waals surface area contributed by atoms with Crippen molar-refractivity contribution < 1.29 is 9.53 Å². The molecule has 6 nitrogen and oxygen atoms in total. The first-order valence-corrected chi connectivity index (χ1v) is 5.78. The molecule has 0 saturated carbocycles. The predicted molar refractivity (Wildman–Crippen MR) is 69.1 cm³/mol. The maximum Gasteiger partial charge on any atom is 0.404 e. The van der Waals surface area contributed by atoms with Gasteiger partial charge in [-0.2, -0.15) is 0 Å². The number of aryl methyl sites for hydroxylation is 1. The molecule has 0 aliphatic rings. The Morgan fingerprint density at radius 1 is 1.50 bits per heavy atom. The molecule has 0 unspecified atom stereocenters. The standard InChI is InChI=1S/C12H16N4O2/c1-2-11-15-9-7-8(13)3-4-10(9)16(11)5-6-18-12(14)17/h3-4,7H,2,5-6,13H2,1H3,(H2,14,17). The highest BCUT2D eigenvalue weighted by atomic mass is 16.5. The van der Waals surface area contributed by atoms with Crippen LogP contribution in [0.4, 0.5) is 10.5 Å². The average Bonchev–Trinajstić information content (AvgIpc) is 2.66. The summed E-state index contributed by atoms with van der Waals surface area (Å²) in [4.78, 5) is 15.1. The number of carbonyl (C=O) groups excluding carboxylic acids is 1. The molecule has 0 atom stereocenters. The summed E-state index contributed by atoms with van der Waals surface area (Å²) in [6, 6.07) is 5.58. The lowest BCUT2D eigenvalue weighted by molar-refractivity contribution is 0.152. The van der Waals surface area contributed by atoms with Crippen molar-refractivity contribution in [2.75, 3.05) is 12.3 Å². The lowest BCUT2D eigenvalue weighted by Gasteiger charge is -2.07. The highest BCUT2D eigenvalue weighted by Crippen LogP contribution is 2.19. The van der Waals surface area contributed by atoms with Crippen LogP contribution in [0.25, 0.3) is 11.0 Å². The third kappa shape index (κ3) is 2.37. The van der Waals surface area contributed by atoms with Crippen LogP contribution in [0.2, 0.25) is 0 Å². The summed E-state index contributed by atoms with van der Waals surface area (Å²) < 4.78 is 6.76. The van der Waals surface area contributed by atoms with E-state index in [2.05, 4.69) is 4.98 Å². The molecular weight excluding hydrogens is 232 g/mol. The van der Waals surface area contributed by atoms with Crippen LogP contribution < -0.4 is 11.5 Å². The van der Waals surface area contributed by atoms with Crippen molar-refractivity contribution in [3.05, 3.63) is 24.0 Å². The van der Waals surface area contributed by atoms with Crippen molar-refractivity contribution in [3.63, 3.8) is 0 Å². The fraction of sp³-hybridized carbons (Fsp3) is 0.333. The lowest BCUT2D eigenvalue weighted by Crippen LogP contribution is -2.17. The van der Waals surface area contributed by atoms with E-state index in [0.717, 1.165) is 23.3 Å². The van der Waals surface area contributed by atoms with Crippen molar-refractivity contribution in [2.24, 2.45) is 5.73 Å². The van der Waals surface area contributed by atoms with Gasteiger partial charge in [0.25, 0.3) is 0 Å². The maximum absolute atomic E-state index is 10.5. The van der Waals surface area contributed by atoms with Crippen molar-refractivity contribution >= 4 is 22.8 Å². The van der Waals surface area contributed by atoms with Crippen molar-refractivity contribution in [3.8, 4) is 0 Å². The molecule has 1 aromatic heterocycles. The fourth-order valence-corrected chi connectivity index (χ4v) is 1.95. The van der Waals surface area contributed by atoms with Crippen molar-refractivity contribution in [2.45, 2.75) is 19.9 Å². The molecule has 0 saturated heterocycles. The smallest absolute Gasteiger partial charge is 0.404 e. The van der Waals surface area contributed by atoms with Gasteiger partial charge in [-0.25, -0.2) is 9.78 Å².